The van der Waals surface area contributed by atoms with Gasteiger partial charge in [0.05, 0.1) is 26.0 Å². The molecule has 0 aliphatic carbocycles. The smallest absolute Gasteiger partial charge is 0.306 e. The van der Waals surface area contributed by atoms with Crippen molar-refractivity contribution in [2.45, 2.75) is 31.8 Å². The van der Waals surface area contributed by atoms with Crippen molar-refractivity contribution in [1.29, 1.82) is 0 Å². The number of fused-ring (bicyclic) bond motifs is 1. The molecule has 0 spiro atoms. The highest BCUT2D eigenvalue weighted by Gasteiger charge is 2.27. The molecule has 32 heavy (non-hydrogen) atoms. The van der Waals surface area contributed by atoms with Crippen LogP contribution in [0.1, 0.15) is 40.5 Å². The monoisotopic (exact) mass is 435 g/mol. The Kier molecular flexibility index (Phi) is 6.28. The number of aromatic hydroxyl groups is 2. The van der Waals surface area contributed by atoms with Crippen molar-refractivity contribution in [2.75, 3.05) is 13.7 Å². The van der Waals surface area contributed by atoms with E-state index in [1.807, 2.05) is 12.1 Å². The van der Waals surface area contributed by atoms with Gasteiger partial charge >= 0.3 is 5.97 Å². The van der Waals surface area contributed by atoms with Crippen LogP contribution in [-0.4, -0.2) is 34.7 Å². The average Bonchev–Trinajstić information content (AvgIpc) is 2.79. The minimum absolute atomic E-state index is 0.00217. The van der Waals surface area contributed by atoms with Crippen LogP contribution in [0.3, 0.4) is 0 Å². The number of carbonyl (C=O) groups excluding carboxylic acids is 1. The summed E-state index contributed by atoms with van der Waals surface area (Å²) in [6.07, 6.45) is 0.747. The van der Waals surface area contributed by atoms with E-state index in [1.165, 1.54) is 36.4 Å². The van der Waals surface area contributed by atoms with E-state index in [2.05, 4.69) is 17.0 Å². The molecule has 1 unspecified atom stereocenters. The van der Waals surface area contributed by atoms with Gasteiger partial charge in [-0.3, -0.25) is 14.5 Å². The zero-order valence-corrected chi connectivity index (χ0v) is 17.8. The first-order chi connectivity index (χ1) is 15.4. The quantitative estimate of drug-likeness (QED) is 0.573. The zero-order valence-electron chi connectivity index (χ0n) is 17.8. The molecule has 1 aromatic heterocycles. The van der Waals surface area contributed by atoms with Crippen LogP contribution in [0.5, 0.6) is 11.5 Å². The fourth-order valence-corrected chi connectivity index (χ4v) is 4.13. The Bertz CT molecular complexity index is 1190. The Hall–Kier alpha value is -3.58. The molecule has 2 aromatic carbocycles. The average molecular weight is 435 g/mol. The molecular formula is C25H25NO6. The molecule has 7 nitrogen and oxygen atoms in total. The molecule has 3 aromatic rings. The molecule has 2 N–H and O–H groups in total. The van der Waals surface area contributed by atoms with E-state index < -0.39 is 23.1 Å². The van der Waals surface area contributed by atoms with Gasteiger partial charge in [0.2, 0.25) is 11.2 Å². The van der Waals surface area contributed by atoms with Gasteiger partial charge in [-0.15, -0.1) is 0 Å². The summed E-state index contributed by atoms with van der Waals surface area (Å²) in [4.78, 5) is 26.8. The number of benzene rings is 2. The van der Waals surface area contributed by atoms with E-state index in [-0.39, 0.29) is 17.9 Å². The highest BCUT2D eigenvalue weighted by atomic mass is 16.5. The lowest BCUT2D eigenvalue weighted by Gasteiger charge is -2.28. The maximum atomic E-state index is 12.6. The van der Waals surface area contributed by atoms with Crippen LogP contribution in [0.25, 0.3) is 0 Å². The molecule has 7 heteroatoms. The van der Waals surface area contributed by atoms with Crippen LogP contribution in [0, 0.1) is 0 Å². The molecule has 1 aliphatic rings. The fraction of sp³-hybridized carbons (Fsp3) is 0.280. The van der Waals surface area contributed by atoms with Crippen LogP contribution in [-0.2, 0) is 29.0 Å². The molecule has 0 bridgehead atoms. The molecule has 0 saturated heterocycles. The summed E-state index contributed by atoms with van der Waals surface area (Å²) in [6.45, 7) is 1.94. The molecule has 1 aliphatic heterocycles. The maximum Gasteiger partial charge on any atom is 0.306 e. The molecule has 0 radical (unpaired) electrons. The van der Waals surface area contributed by atoms with E-state index in [9.17, 15) is 19.8 Å². The molecule has 2 heterocycles. The summed E-state index contributed by atoms with van der Waals surface area (Å²) in [5, 5.41) is 20.4. The summed E-state index contributed by atoms with van der Waals surface area (Å²) >= 11 is 0. The van der Waals surface area contributed by atoms with E-state index >= 15 is 0 Å². The predicted octanol–water partition coefficient (Wildman–Crippen LogP) is 3.30. The van der Waals surface area contributed by atoms with Gasteiger partial charge in [-0.05, 0) is 35.2 Å². The first-order valence-electron chi connectivity index (χ1n) is 10.5. The van der Waals surface area contributed by atoms with Crippen molar-refractivity contribution in [3.8, 4) is 11.5 Å². The molecule has 4 rings (SSSR count). The van der Waals surface area contributed by atoms with Crippen LogP contribution in [0.2, 0.25) is 0 Å². The molecule has 0 saturated carbocycles. The van der Waals surface area contributed by atoms with E-state index in [1.54, 1.807) is 12.1 Å². The van der Waals surface area contributed by atoms with Gasteiger partial charge < -0.3 is 19.4 Å². The third kappa shape index (κ3) is 4.68. The standard InChI is InChI=1S/C25H25NO6/c1-31-23(29)13-21(17-7-4-8-19(27)11-17)25-24(30)22(28)12-20(32-25)15-26-10-9-16-5-2-3-6-18(16)14-26/h2-8,11-12,21,27,30H,9-10,13-15H2,1H3. The van der Waals surface area contributed by atoms with Crippen molar-refractivity contribution in [3.05, 3.63) is 93.0 Å². The SMILES string of the molecule is COC(=O)CC(c1cccc(O)c1)c1oc(CN2CCc3ccccc3C2)cc(=O)c1O. The lowest BCUT2D eigenvalue weighted by Crippen LogP contribution is -2.30. The highest BCUT2D eigenvalue weighted by molar-refractivity contribution is 5.71. The maximum absolute atomic E-state index is 12.6. The largest absolute Gasteiger partial charge is 0.508 e. The third-order valence-corrected chi connectivity index (χ3v) is 5.78. The topological polar surface area (TPSA) is 100 Å². The minimum Gasteiger partial charge on any atom is -0.508 e. The molecule has 1 atom stereocenters. The normalized spacial score (nSPS) is 14.5. The molecule has 0 fully saturated rings. The van der Waals surface area contributed by atoms with Gasteiger partial charge in [-0.2, -0.15) is 0 Å². The first kappa shape index (κ1) is 21.6. The number of methoxy groups -OCH3 is 1. The Morgan fingerprint density at radius 1 is 1.12 bits per heavy atom. The number of rotatable bonds is 6. The van der Waals surface area contributed by atoms with Crippen LogP contribution < -0.4 is 5.43 Å². The van der Waals surface area contributed by atoms with Crippen molar-refractivity contribution in [2.24, 2.45) is 0 Å². The van der Waals surface area contributed by atoms with E-state index in [4.69, 9.17) is 9.15 Å². The van der Waals surface area contributed by atoms with Gasteiger partial charge in [0.1, 0.15) is 11.5 Å². The summed E-state index contributed by atoms with van der Waals surface area (Å²) in [5.74, 6) is -1.47. The summed E-state index contributed by atoms with van der Waals surface area (Å²) < 4.78 is 10.8. The number of nitrogens with zero attached hydrogens (tertiary/aromatic N) is 1. The van der Waals surface area contributed by atoms with Crippen LogP contribution in [0.15, 0.2) is 63.8 Å². The number of hydrogen-bond donors (Lipinski definition) is 2. The molecule has 166 valence electrons. The Morgan fingerprint density at radius 3 is 2.66 bits per heavy atom. The summed E-state index contributed by atoms with van der Waals surface area (Å²) in [7, 11) is 1.27. The third-order valence-electron chi connectivity index (χ3n) is 5.78. The number of ether oxygens (including phenoxy) is 1. The highest BCUT2D eigenvalue weighted by Crippen LogP contribution is 2.35. The number of phenolic OH excluding ortho intramolecular Hbond substituents is 1. The predicted molar refractivity (Wildman–Crippen MR) is 117 cm³/mol. The zero-order chi connectivity index (χ0) is 22.7. The van der Waals surface area contributed by atoms with E-state index in [0.29, 0.717) is 17.9 Å². The van der Waals surface area contributed by atoms with Gasteiger partial charge in [-0.1, -0.05) is 36.4 Å². The van der Waals surface area contributed by atoms with Gasteiger partial charge in [0.15, 0.2) is 5.76 Å². The number of carbonyl (C=O) groups is 1. The second kappa shape index (κ2) is 9.28. The van der Waals surface area contributed by atoms with Crippen LogP contribution >= 0.6 is 0 Å². The number of hydrogen-bond acceptors (Lipinski definition) is 7. The van der Waals surface area contributed by atoms with Crippen molar-refractivity contribution < 1.29 is 24.2 Å². The van der Waals surface area contributed by atoms with Crippen molar-refractivity contribution >= 4 is 5.97 Å². The second-order valence-electron chi connectivity index (χ2n) is 7.95. The van der Waals surface area contributed by atoms with Gasteiger partial charge in [-0.25, -0.2) is 0 Å². The minimum atomic E-state index is -0.788. The molecular weight excluding hydrogens is 410 g/mol. The first-order valence-corrected chi connectivity index (χ1v) is 10.5. The Morgan fingerprint density at radius 2 is 1.91 bits per heavy atom. The van der Waals surface area contributed by atoms with Crippen molar-refractivity contribution in [1.82, 2.24) is 4.90 Å². The molecule has 0 amide bonds. The number of phenols is 1. The number of esters is 1. The van der Waals surface area contributed by atoms with Crippen molar-refractivity contribution in [3.63, 3.8) is 0 Å². The Balaban J connectivity index is 1.67. The van der Waals surface area contributed by atoms with E-state index in [0.717, 1.165) is 19.5 Å². The van der Waals surface area contributed by atoms with Gasteiger partial charge in [0, 0.05) is 19.2 Å². The fourth-order valence-electron chi connectivity index (χ4n) is 4.13. The summed E-state index contributed by atoms with van der Waals surface area (Å²) in [6, 6.07) is 15.8. The second-order valence-corrected chi connectivity index (χ2v) is 7.95. The lowest BCUT2D eigenvalue weighted by molar-refractivity contribution is -0.140. The lowest BCUT2D eigenvalue weighted by atomic mass is 9.92. The summed E-state index contributed by atoms with van der Waals surface area (Å²) in [5.41, 5.74) is 2.51. The van der Waals surface area contributed by atoms with Crippen LogP contribution in [0.4, 0.5) is 0 Å². The Labute approximate surface area is 185 Å². The van der Waals surface area contributed by atoms with Gasteiger partial charge in [0.25, 0.3) is 0 Å².